The second kappa shape index (κ2) is 12.7. The van der Waals surface area contributed by atoms with Crippen LogP contribution in [0.3, 0.4) is 0 Å². The van der Waals surface area contributed by atoms with Crippen molar-refractivity contribution in [1.82, 2.24) is 5.32 Å². The number of primary amides is 1. The molecule has 3 aromatic carbocycles. The number of benzene rings is 3. The van der Waals surface area contributed by atoms with E-state index >= 15 is 0 Å². The number of nitrogens with one attached hydrogen (secondary N) is 1. The molecule has 0 saturated carbocycles. The fourth-order valence-electron chi connectivity index (χ4n) is 4.09. The molecule has 0 radical (unpaired) electrons. The molecule has 1 aliphatic rings. The standard InChI is InChI=1S/C28H29ClN2O8/c1-16-18(3-2-4-20(16)17-5-6-23-26(10-17)37-8-7-36-23)14-38-25-11-24(39-15-27(30)33)19(9-21(25)29)12-31-22(13-32)28(34)35/h2-6,9-11,22,31-32H,7-8,12-15H2,1H3,(H2,30,33)(H,34,35)/t22-/m0/s1. The fourth-order valence-corrected chi connectivity index (χ4v) is 4.33. The second-order valence-corrected chi connectivity index (χ2v) is 9.24. The Morgan fingerprint density at radius 2 is 1.82 bits per heavy atom. The quantitative estimate of drug-likeness (QED) is 0.264. The van der Waals surface area contributed by atoms with Crippen LogP contribution in [0, 0.1) is 6.92 Å². The molecule has 1 aliphatic heterocycles. The lowest BCUT2D eigenvalue weighted by atomic mass is 9.96. The first kappa shape index (κ1) is 28.0. The number of carboxylic acids is 1. The molecule has 0 bridgehead atoms. The highest BCUT2D eigenvalue weighted by atomic mass is 35.5. The van der Waals surface area contributed by atoms with Crippen LogP contribution in [0.4, 0.5) is 0 Å². The van der Waals surface area contributed by atoms with E-state index in [9.17, 15) is 14.7 Å². The van der Waals surface area contributed by atoms with Gasteiger partial charge in [0, 0.05) is 18.2 Å². The summed E-state index contributed by atoms with van der Waals surface area (Å²) in [6.45, 7) is 2.23. The van der Waals surface area contributed by atoms with Crippen LogP contribution in [0.15, 0.2) is 48.5 Å². The zero-order chi connectivity index (χ0) is 27.9. The van der Waals surface area contributed by atoms with Gasteiger partial charge in [0.05, 0.1) is 11.6 Å². The number of hydrogen-bond acceptors (Lipinski definition) is 8. The second-order valence-electron chi connectivity index (χ2n) is 8.84. The molecule has 1 amide bonds. The Balaban J connectivity index is 1.54. The van der Waals surface area contributed by atoms with Gasteiger partial charge in [0.2, 0.25) is 0 Å². The Morgan fingerprint density at radius 1 is 1.05 bits per heavy atom. The molecule has 4 rings (SSSR count). The summed E-state index contributed by atoms with van der Waals surface area (Å²) < 4.78 is 22.9. The normalized spacial score (nSPS) is 13.0. The molecule has 10 nitrogen and oxygen atoms in total. The molecular formula is C28H29ClN2O8. The fraction of sp³-hybridized carbons (Fsp3) is 0.286. The maximum absolute atomic E-state index is 11.3. The summed E-state index contributed by atoms with van der Waals surface area (Å²) in [7, 11) is 0. The molecule has 0 fully saturated rings. The van der Waals surface area contributed by atoms with Gasteiger partial charge in [-0.05, 0) is 47.4 Å². The molecule has 3 aromatic rings. The minimum atomic E-state index is -1.21. The van der Waals surface area contributed by atoms with Crippen molar-refractivity contribution in [2.75, 3.05) is 26.4 Å². The van der Waals surface area contributed by atoms with E-state index in [0.29, 0.717) is 30.3 Å². The van der Waals surface area contributed by atoms with Crippen molar-refractivity contribution < 1.29 is 38.7 Å². The molecule has 206 valence electrons. The summed E-state index contributed by atoms with van der Waals surface area (Å²) in [6.07, 6.45) is 0. The number of amides is 1. The van der Waals surface area contributed by atoms with Crippen molar-refractivity contribution in [3.05, 3.63) is 70.2 Å². The van der Waals surface area contributed by atoms with E-state index in [1.165, 1.54) is 6.07 Å². The van der Waals surface area contributed by atoms with Crippen molar-refractivity contribution in [3.8, 4) is 34.1 Å². The number of aliphatic hydroxyl groups is 1. The maximum Gasteiger partial charge on any atom is 0.323 e. The smallest absolute Gasteiger partial charge is 0.323 e. The van der Waals surface area contributed by atoms with Gasteiger partial charge in [-0.3, -0.25) is 14.9 Å². The molecule has 0 saturated heterocycles. The Labute approximate surface area is 230 Å². The Bertz CT molecular complexity index is 1360. The van der Waals surface area contributed by atoms with Crippen LogP contribution in [0.1, 0.15) is 16.7 Å². The van der Waals surface area contributed by atoms with Gasteiger partial charge in [-0.2, -0.15) is 0 Å². The van der Waals surface area contributed by atoms with Gasteiger partial charge in [-0.1, -0.05) is 35.9 Å². The van der Waals surface area contributed by atoms with Crippen LogP contribution in [-0.2, 0) is 22.7 Å². The minimum Gasteiger partial charge on any atom is -0.487 e. The lowest BCUT2D eigenvalue weighted by Gasteiger charge is -2.20. The molecule has 5 N–H and O–H groups in total. The van der Waals surface area contributed by atoms with E-state index < -0.39 is 31.1 Å². The first-order chi connectivity index (χ1) is 18.8. The summed E-state index contributed by atoms with van der Waals surface area (Å²) in [5.41, 5.74) is 9.64. The van der Waals surface area contributed by atoms with E-state index in [2.05, 4.69) is 5.32 Å². The lowest BCUT2D eigenvalue weighted by molar-refractivity contribution is -0.140. The van der Waals surface area contributed by atoms with Gasteiger partial charge in [0.1, 0.15) is 37.4 Å². The van der Waals surface area contributed by atoms with Gasteiger partial charge < -0.3 is 34.9 Å². The van der Waals surface area contributed by atoms with Gasteiger partial charge in [-0.15, -0.1) is 0 Å². The number of carbonyl (C=O) groups is 2. The Hall–Kier alpha value is -3.99. The van der Waals surface area contributed by atoms with Crippen molar-refractivity contribution in [2.24, 2.45) is 5.73 Å². The first-order valence-electron chi connectivity index (χ1n) is 12.2. The van der Waals surface area contributed by atoms with Crippen LogP contribution < -0.4 is 30.0 Å². The largest absolute Gasteiger partial charge is 0.487 e. The number of rotatable bonds is 12. The van der Waals surface area contributed by atoms with Crippen molar-refractivity contribution in [3.63, 3.8) is 0 Å². The lowest BCUT2D eigenvalue weighted by Crippen LogP contribution is -2.39. The number of nitrogens with two attached hydrogens (primary N) is 1. The number of ether oxygens (including phenoxy) is 4. The monoisotopic (exact) mass is 556 g/mol. The van der Waals surface area contributed by atoms with E-state index in [1.54, 1.807) is 6.07 Å². The Kier molecular flexibility index (Phi) is 9.13. The number of fused-ring (bicyclic) bond motifs is 1. The van der Waals surface area contributed by atoms with Gasteiger partial charge in [0.25, 0.3) is 5.91 Å². The third-order valence-electron chi connectivity index (χ3n) is 6.19. The average Bonchev–Trinajstić information content (AvgIpc) is 2.92. The molecule has 1 atom stereocenters. The number of hydrogen-bond donors (Lipinski definition) is 4. The van der Waals surface area contributed by atoms with Gasteiger partial charge >= 0.3 is 5.97 Å². The van der Waals surface area contributed by atoms with Crippen LogP contribution in [-0.4, -0.2) is 54.6 Å². The van der Waals surface area contributed by atoms with E-state index in [0.717, 1.165) is 28.0 Å². The maximum atomic E-state index is 11.3. The number of aliphatic hydroxyl groups excluding tert-OH is 1. The molecular weight excluding hydrogens is 528 g/mol. The minimum absolute atomic E-state index is 0.00229. The summed E-state index contributed by atoms with van der Waals surface area (Å²) in [5, 5.41) is 21.4. The highest BCUT2D eigenvalue weighted by molar-refractivity contribution is 6.32. The summed E-state index contributed by atoms with van der Waals surface area (Å²) in [4.78, 5) is 22.5. The van der Waals surface area contributed by atoms with E-state index in [-0.39, 0.29) is 23.9 Å². The summed E-state index contributed by atoms with van der Waals surface area (Å²) in [6, 6.07) is 13.6. The van der Waals surface area contributed by atoms with E-state index in [4.69, 9.17) is 41.4 Å². The summed E-state index contributed by atoms with van der Waals surface area (Å²) in [5.74, 6) is 0.0807. The highest BCUT2D eigenvalue weighted by Gasteiger charge is 2.19. The van der Waals surface area contributed by atoms with Crippen LogP contribution in [0.25, 0.3) is 11.1 Å². The van der Waals surface area contributed by atoms with Gasteiger partial charge in [-0.25, -0.2) is 0 Å². The number of aliphatic carboxylic acids is 1. The molecule has 39 heavy (non-hydrogen) atoms. The zero-order valence-electron chi connectivity index (χ0n) is 21.2. The molecule has 0 unspecified atom stereocenters. The number of carboxylic acid groups (broad SMARTS) is 1. The Morgan fingerprint density at radius 3 is 2.54 bits per heavy atom. The van der Waals surface area contributed by atoms with Crippen molar-refractivity contribution in [1.29, 1.82) is 0 Å². The van der Waals surface area contributed by atoms with Crippen LogP contribution in [0.5, 0.6) is 23.0 Å². The SMILES string of the molecule is Cc1c(COc2cc(OCC(N)=O)c(CN[C@@H](CO)C(=O)O)cc2Cl)cccc1-c1ccc2c(c1)OCCO2. The van der Waals surface area contributed by atoms with Gasteiger partial charge in [0.15, 0.2) is 18.1 Å². The molecule has 0 aromatic heterocycles. The van der Waals surface area contributed by atoms with Crippen LogP contribution >= 0.6 is 11.6 Å². The zero-order valence-corrected chi connectivity index (χ0v) is 22.0. The van der Waals surface area contributed by atoms with Crippen LogP contribution in [0.2, 0.25) is 5.02 Å². The van der Waals surface area contributed by atoms with Crippen molar-refractivity contribution in [2.45, 2.75) is 26.1 Å². The highest BCUT2D eigenvalue weighted by Crippen LogP contribution is 2.37. The number of carbonyl (C=O) groups excluding carboxylic acids is 1. The molecule has 11 heteroatoms. The third-order valence-corrected chi connectivity index (χ3v) is 6.48. The summed E-state index contributed by atoms with van der Waals surface area (Å²) >= 11 is 6.49. The van der Waals surface area contributed by atoms with E-state index in [1.807, 2.05) is 43.3 Å². The predicted molar refractivity (Wildman–Crippen MR) is 143 cm³/mol. The van der Waals surface area contributed by atoms with Crippen molar-refractivity contribution >= 4 is 23.5 Å². The predicted octanol–water partition coefficient (Wildman–Crippen LogP) is 3.06. The first-order valence-corrected chi connectivity index (χ1v) is 12.6. The number of halogens is 1. The third kappa shape index (κ3) is 6.91. The molecule has 0 aliphatic carbocycles. The topological polar surface area (TPSA) is 150 Å². The molecule has 0 spiro atoms. The average molecular weight is 557 g/mol. The molecule has 1 heterocycles.